The van der Waals surface area contributed by atoms with E-state index in [1.54, 1.807) is 20.4 Å². The summed E-state index contributed by atoms with van der Waals surface area (Å²) >= 11 is 0. The minimum atomic E-state index is -0.316. The summed E-state index contributed by atoms with van der Waals surface area (Å²) in [6.45, 7) is 0. The highest BCUT2D eigenvalue weighted by Gasteiger charge is 2.36. The van der Waals surface area contributed by atoms with Crippen LogP contribution in [0.5, 0.6) is 11.5 Å². The Kier molecular flexibility index (Phi) is 5.64. The van der Waals surface area contributed by atoms with Gasteiger partial charge < -0.3 is 14.4 Å². The number of hydrogen-bond donors (Lipinski definition) is 1. The molecular formula is C27H26N4O4. The first-order valence-corrected chi connectivity index (χ1v) is 11.3. The van der Waals surface area contributed by atoms with Crippen LogP contribution in [0.15, 0.2) is 71.3 Å². The van der Waals surface area contributed by atoms with Crippen LogP contribution >= 0.6 is 0 Å². The number of Topliss-reactive ketones (excluding diaryl/α,β-unsaturated/α-hetero) is 1. The van der Waals surface area contributed by atoms with E-state index in [2.05, 4.69) is 10.1 Å². The fourth-order valence-electron chi connectivity index (χ4n) is 4.74. The first-order valence-electron chi connectivity index (χ1n) is 11.3. The van der Waals surface area contributed by atoms with E-state index < -0.39 is 0 Å². The fraction of sp³-hybridized carbons (Fsp3) is 0.222. The van der Waals surface area contributed by atoms with Gasteiger partial charge in [-0.3, -0.25) is 14.7 Å². The number of hydrogen-bond acceptors (Lipinski definition) is 6. The highest BCUT2D eigenvalue weighted by atomic mass is 16.5. The lowest BCUT2D eigenvalue weighted by atomic mass is 9.75. The van der Waals surface area contributed by atoms with Gasteiger partial charge in [-0.25, -0.2) is 9.67 Å². The zero-order chi connectivity index (χ0) is 24.7. The smallest absolute Gasteiger partial charge is 0.281 e. The topological polar surface area (TPSA) is 89.4 Å². The Labute approximate surface area is 202 Å². The Morgan fingerprint density at radius 2 is 1.86 bits per heavy atom. The van der Waals surface area contributed by atoms with Crippen LogP contribution in [0.1, 0.15) is 27.4 Å². The van der Waals surface area contributed by atoms with Crippen molar-refractivity contribution < 1.29 is 14.3 Å². The quantitative estimate of drug-likeness (QED) is 0.448. The number of carbonyl (C=O) groups excluding carboxylic acids is 1. The van der Waals surface area contributed by atoms with Gasteiger partial charge in [-0.1, -0.05) is 24.3 Å². The van der Waals surface area contributed by atoms with E-state index in [1.165, 1.54) is 4.68 Å². The third-order valence-corrected chi connectivity index (χ3v) is 6.34. The molecule has 0 saturated heterocycles. The van der Waals surface area contributed by atoms with Crippen LogP contribution in [-0.4, -0.2) is 53.8 Å². The lowest BCUT2D eigenvalue weighted by molar-refractivity contribution is 0.101. The van der Waals surface area contributed by atoms with E-state index in [4.69, 9.17) is 9.47 Å². The molecule has 1 N–H and O–H groups in total. The van der Waals surface area contributed by atoms with Gasteiger partial charge in [-0.15, -0.1) is 0 Å². The molecule has 0 spiro atoms. The molecule has 35 heavy (non-hydrogen) atoms. The van der Waals surface area contributed by atoms with Crippen molar-refractivity contribution in [3.63, 3.8) is 0 Å². The number of ether oxygens (including phenoxy) is 2. The van der Waals surface area contributed by atoms with Gasteiger partial charge in [-0.05, 0) is 30.2 Å². The number of para-hydroxylation sites is 1. The van der Waals surface area contributed by atoms with Gasteiger partial charge in [0, 0.05) is 55.2 Å². The van der Waals surface area contributed by atoms with E-state index in [0.29, 0.717) is 51.3 Å². The fourth-order valence-corrected chi connectivity index (χ4v) is 4.74. The number of benzene rings is 2. The molecule has 0 saturated carbocycles. The van der Waals surface area contributed by atoms with Crippen molar-refractivity contribution in [3.05, 3.63) is 93.5 Å². The molecule has 0 bridgehead atoms. The van der Waals surface area contributed by atoms with Crippen LogP contribution in [0.2, 0.25) is 0 Å². The second-order valence-electron chi connectivity index (χ2n) is 8.70. The molecule has 2 aromatic carbocycles. The Morgan fingerprint density at radius 1 is 1.09 bits per heavy atom. The van der Waals surface area contributed by atoms with Crippen LogP contribution in [0.4, 0.5) is 0 Å². The highest BCUT2D eigenvalue weighted by Crippen LogP contribution is 2.42. The van der Waals surface area contributed by atoms with E-state index in [9.17, 15) is 9.59 Å². The normalized spacial score (nSPS) is 16.4. The average molecular weight is 471 g/mol. The van der Waals surface area contributed by atoms with Crippen LogP contribution in [0.3, 0.4) is 0 Å². The molecule has 2 heterocycles. The molecular weight excluding hydrogens is 444 g/mol. The van der Waals surface area contributed by atoms with Crippen molar-refractivity contribution in [1.82, 2.24) is 19.7 Å². The van der Waals surface area contributed by atoms with Crippen LogP contribution < -0.4 is 15.0 Å². The maximum absolute atomic E-state index is 13.8. The monoisotopic (exact) mass is 470 g/mol. The minimum absolute atomic E-state index is 0.149. The van der Waals surface area contributed by atoms with Crippen molar-refractivity contribution in [2.45, 2.75) is 12.3 Å². The second-order valence-corrected chi connectivity index (χ2v) is 8.70. The molecule has 8 nitrogen and oxygen atoms in total. The van der Waals surface area contributed by atoms with E-state index in [0.717, 1.165) is 5.56 Å². The molecule has 8 heteroatoms. The van der Waals surface area contributed by atoms with Gasteiger partial charge >= 0.3 is 0 Å². The van der Waals surface area contributed by atoms with Crippen molar-refractivity contribution >= 4 is 16.8 Å². The van der Waals surface area contributed by atoms with Gasteiger partial charge in [0.25, 0.3) is 5.56 Å². The van der Waals surface area contributed by atoms with Crippen molar-refractivity contribution in [3.8, 4) is 17.2 Å². The number of rotatable bonds is 5. The lowest BCUT2D eigenvalue weighted by Gasteiger charge is -2.29. The predicted molar refractivity (Wildman–Crippen MR) is 134 cm³/mol. The molecule has 4 aromatic rings. The number of carbonyl (C=O) groups is 1. The molecule has 0 radical (unpaired) electrons. The number of nitrogens with one attached hydrogen (secondary N) is 1. The van der Waals surface area contributed by atoms with Gasteiger partial charge in [0.05, 0.1) is 25.3 Å². The Bertz CT molecular complexity index is 1520. The molecule has 0 fully saturated rings. The lowest BCUT2D eigenvalue weighted by Crippen LogP contribution is -2.26. The number of aromatic nitrogens is 3. The zero-order valence-corrected chi connectivity index (χ0v) is 20.0. The molecule has 0 aliphatic heterocycles. The first-order chi connectivity index (χ1) is 16.9. The standard InChI is InChI=1S/C27H26N4O4/c1-30(2)15-22-19(18-11-10-17(34-3)12-23(18)35-4)13-20-21(25(22)32)14-28-26-24(20)27(33)31(29-26)16-8-6-5-7-9-16/h5-12,14-15,19H,13H2,1-4H3,(H,28,29)/b22-15-/t19-/m1/s1. The molecule has 1 aliphatic rings. The van der Waals surface area contributed by atoms with Crippen LogP contribution in [0, 0.1) is 0 Å². The Morgan fingerprint density at radius 3 is 2.54 bits per heavy atom. The molecule has 0 amide bonds. The number of pyridine rings is 1. The molecule has 1 atom stereocenters. The summed E-state index contributed by atoms with van der Waals surface area (Å²) in [7, 11) is 6.95. The number of allylic oxidation sites excluding steroid dienone is 1. The van der Waals surface area contributed by atoms with Gasteiger partial charge in [0.15, 0.2) is 11.4 Å². The number of ketones is 1. The number of H-pyrrole nitrogens is 1. The van der Waals surface area contributed by atoms with E-state index in [1.807, 2.05) is 73.7 Å². The van der Waals surface area contributed by atoms with Crippen molar-refractivity contribution in [2.75, 3.05) is 28.3 Å². The Balaban J connectivity index is 1.74. The number of fused-ring (bicyclic) bond motifs is 3. The third-order valence-electron chi connectivity index (χ3n) is 6.34. The maximum atomic E-state index is 13.8. The average Bonchev–Trinajstić information content (AvgIpc) is 3.22. The van der Waals surface area contributed by atoms with E-state index >= 15 is 0 Å². The predicted octanol–water partition coefficient (Wildman–Crippen LogP) is 3.70. The summed E-state index contributed by atoms with van der Waals surface area (Å²) < 4.78 is 12.5. The molecule has 178 valence electrons. The number of aromatic amines is 1. The minimum Gasteiger partial charge on any atom is -0.497 e. The van der Waals surface area contributed by atoms with Crippen LogP contribution in [-0.2, 0) is 6.42 Å². The van der Waals surface area contributed by atoms with Gasteiger partial charge in [0.1, 0.15) is 11.5 Å². The van der Waals surface area contributed by atoms with Crippen molar-refractivity contribution in [2.24, 2.45) is 0 Å². The summed E-state index contributed by atoms with van der Waals surface area (Å²) in [5.41, 5.74) is 3.53. The first kappa shape index (κ1) is 22.5. The second kappa shape index (κ2) is 8.79. The van der Waals surface area contributed by atoms with Crippen molar-refractivity contribution in [1.29, 1.82) is 0 Å². The summed E-state index contributed by atoms with van der Waals surface area (Å²) in [6.07, 6.45) is 3.85. The van der Waals surface area contributed by atoms with Gasteiger partial charge in [0.2, 0.25) is 0 Å². The maximum Gasteiger partial charge on any atom is 0.281 e. The van der Waals surface area contributed by atoms with E-state index in [-0.39, 0.29) is 17.3 Å². The van der Waals surface area contributed by atoms with Crippen LogP contribution in [0.25, 0.3) is 16.7 Å². The summed E-state index contributed by atoms with van der Waals surface area (Å²) in [5.74, 6) is 0.818. The Hall–Kier alpha value is -4.33. The number of methoxy groups -OCH3 is 2. The molecule has 0 unspecified atom stereocenters. The molecule has 5 rings (SSSR count). The third kappa shape index (κ3) is 3.77. The largest absolute Gasteiger partial charge is 0.497 e. The molecule has 1 aliphatic carbocycles. The zero-order valence-electron chi connectivity index (χ0n) is 20.0. The SMILES string of the molecule is COc1ccc([C@H]2Cc3c(cnc4[nH]n(-c5ccccc5)c(=O)c34)C(=O)/C2=C\N(C)C)c(OC)c1. The summed E-state index contributed by atoms with van der Waals surface area (Å²) in [6, 6.07) is 14.9. The van der Waals surface area contributed by atoms with Gasteiger partial charge in [-0.2, -0.15) is 0 Å². The summed E-state index contributed by atoms with van der Waals surface area (Å²) in [4.78, 5) is 33.6. The summed E-state index contributed by atoms with van der Waals surface area (Å²) in [5, 5.41) is 3.53. The highest BCUT2D eigenvalue weighted by molar-refractivity contribution is 6.13. The molecule has 2 aromatic heterocycles. The number of nitrogens with zero attached hydrogens (tertiary/aromatic N) is 3.